The van der Waals surface area contributed by atoms with Crippen LogP contribution in [0, 0.1) is 10.1 Å². The SMILES string of the molecule is CCc1cccc(NC(N)=NCCNc2ccccc2[N+](=O)[O-])c1.I. The number of guanidine groups is 1. The van der Waals surface area contributed by atoms with E-state index in [2.05, 4.69) is 28.6 Å². The van der Waals surface area contributed by atoms with Crippen LogP contribution >= 0.6 is 24.0 Å². The summed E-state index contributed by atoms with van der Waals surface area (Å²) in [5.74, 6) is 0.313. The molecular weight excluding hydrogens is 433 g/mol. The van der Waals surface area contributed by atoms with Crippen molar-refractivity contribution in [1.82, 2.24) is 0 Å². The predicted molar refractivity (Wildman–Crippen MR) is 113 cm³/mol. The molecule has 0 aromatic heterocycles. The summed E-state index contributed by atoms with van der Waals surface area (Å²) in [5.41, 5.74) is 8.48. The second-order valence-electron chi connectivity index (χ2n) is 5.15. The molecule has 0 amide bonds. The normalized spacial score (nSPS) is 10.7. The number of rotatable bonds is 7. The van der Waals surface area contributed by atoms with Gasteiger partial charge in [0.05, 0.1) is 11.5 Å². The molecule has 0 saturated carbocycles. The van der Waals surface area contributed by atoms with E-state index >= 15 is 0 Å². The molecule has 0 atom stereocenters. The van der Waals surface area contributed by atoms with Crippen LogP contribution in [0.4, 0.5) is 17.1 Å². The van der Waals surface area contributed by atoms with Crippen molar-refractivity contribution >= 4 is 47.0 Å². The van der Waals surface area contributed by atoms with Gasteiger partial charge >= 0.3 is 0 Å². The molecule has 2 aromatic rings. The molecule has 2 rings (SSSR count). The van der Waals surface area contributed by atoms with Crippen LogP contribution < -0.4 is 16.4 Å². The number of nitro groups is 1. The number of aliphatic imine (C=N–C) groups is 1. The maximum absolute atomic E-state index is 10.9. The van der Waals surface area contributed by atoms with Gasteiger partial charge in [0.25, 0.3) is 5.69 Å². The lowest BCUT2D eigenvalue weighted by atomic mass is 10.1. The number of nitrogens with one attached hydrogen (secondary N) is 2. The van der Waals surface area contributed by atoms with Gasteiger partial charge in [-0.25, -0.2) is 0 Å². The Balaban J connectivity index is 0.00000312. The first-order valence-electron chi connectivity index (χ1n) is 7.73. The van der Waals surface area contributed by atoms with Gasteiger partial charge in [0, 0.05) is 18.3 Å². The highest BCUT2D eigenvalue weighted by Gasteiger charge is 2.10. The van der Waals surface area contributed by atoms with Crippen molar-refractivity contribution in [3.63, 3.8) is 0 Å². The molecule has 0 bridgehead atoms. The monoisotopic (exact) mass is 455 g/mol. The molecule has 7 nitrogen and oxygen atoms in total. The van der Waals surface area contributed by atoms with Crippen molar-refractivity contribution in [1.29, 1.82) is 0 Å². The highest BCUT2D eigenvalue weighted by molar-refractivity contribution is 14.0. The summed E-state index contributed by atoms with van der Waals surface area (Å²) in [4.78, 5) is 14.7. The number of nitro benzene ring substituents is 1. The molecule has 0 fully saturated rings. The molecule has 25 heavy (non-hydrogen) atoms. The third-order valence-corrected chi connectivity index (χ3v) is 3.42. The van der Waals surface area contributed by atoms with Crippen molar-refractivity contribution in [2.45, 2.75) is 13.3 Å². The van der Waals surface area contributed by atoms with Crippen molar-refractivity contribution in [3.8, 4) is 0 Å². The Hall–Kier alpha value is -2.36. The zero-order valence-electron chi connectivity index (χ0n) is 13.9. The van der Waals surface area contributed by atoms with Gasteiger partial charge in [0.1, 0.15) is 5.69 Å². The van der Waals surface area contributed by atoms with Crippen molar-refractivity contribution in [2.24, 2.45) is 10.7 Å². The lowest BCUT2D eigenvalue weighted by Crippen LogP contribution is -2.23. The lowest BCUT2D eigenvalue weighted by molar-refractivity contribution is -0.384. The van der Waals surface area contributed by atoms with Crippen LogP contribution in [0.5, 0.6) is 0 Å². The Morgan fingerprint density at radius 1 is 1.24 bits per heavy atom. The van der Waals surface area contributed by atoms with Crippen LogP contribution in [0.2, 0.25) is 0 Å². The second-order valence-corrected chi connectivity index (χ2v) is 5.15. The van der Waals surface area contributed by atoms with E-state index in [0.29, 0.717) is 24.7 Å². The van der Waals surface area contributed by atoms with E-state index in [1.54, 1.807) is 18.2 Å². The largest absolute Gasteiger partial charge is 0.378 e. The molecule has 134 valence electrons. The summed E-state index contributed by atoms with van der Waals surface area (Å²) >= 11 is 0. The number of hydrogen-bond donors (Lipinski definition) is 3. The fraction of sp³-hybridized carbons (Fsp3) is 0.235. The number of anilines is 2. The fourth-order valence-corrected chi connectivity index (χ4v) is 2.21. The minimum Gasteiger partial charge on any atom is -0.378 e. The first-order valence-corrected chi connectivity index (χ1v) is 7.73. The van der Waals surface area contributed by atoms with E-state index in [0.717, 1.165) is 12.1 Å². The van der Waals surface area contributed by atoms with Gasteiger partial charge in [0.15, 0.2) is 5.96 Å². The molecule has 2 aromatic carbocycles. The van der Waals surface area contributed by atoms with E-state index in [1.807, 2.05) is 18.2 Å². The first kappa shape index (κ1) is 20.7. The molecular formula is C17H22IN5O2. The number of hydrogen-bond acceptors (Lipinski definition) is 4. The predicted octanol–water partition coefficient (Wildman–Crippen LogP) is 3.61. The maximum Gasteiger partial charge on any atom is 0.292 e. The van der Waals surface area contributed by atoms with E-state index in [4.69, 9.17) is 5.73 Å². The van der Waals surface area contributed by atoms with E-state index < -0.39 is 4.92 Å². The van der Waals surface area contributed by atoms with E-state index in [-0.39, 0.29) is 29.7 Å². The lowest BCUT2D eigenvalue weighted by Gasteiger charge is -2.08. The van der Waals surface area contributed by atoms with E-state index in [1.165, 1.54) is 11.6 Å². The number of nitrogens with two attached hydrogens (primary N) is 1. The van der Waals surface area contributed by atoms with Crippen molar-refractivity contribution in [3.05, 3.63) is 64.2 Å². The summed E-state index contributed by atoms with van der Waals surface area (Å²) in [6.07, 6.45) is 0.951. The van der Waals surface area contributed by atoms with Gasteiger partial charge in [-0.2, -0.15) is 0 Å². The number of aryl methyl sites for hydroxylation is 1. The molecule has 0 saturated heterocycles. The third kappa shape index (κ3) is 6.57. The Morgan fingerprint density at radius 2 is 2.00 bits per heavy atom. The highest BCUT2D eigenvalue weighted by Crippen LogP contribution is 2.22. The van der Waals surface area contributed by atoms with Gasteiger partial charge < -0.3 is 16.4 Å². The van der Waals surface area contributed by atoms with Gasteiger partial charge in [-0.3, -0.25) is 15.1 Å². The molecule has 0 aliphatic heterocycles. The zero-order valence-corrected chi connectivity index (χ0v) is 16.3. The van der Waals surface area contributed by atoms with Gasteiger partial charge in [-0.05, 0) is 30.2 Å². The highest BCUT2D eigenvalue weighted by atomic mass is 127. The topological polar surface area (TPSA) is 106 Å². The van der Waals surface area contributed by atoms with Crippen molar-refractivity contribution in [2.75, 3.05) is 23.7 Å². The summed E-state index contributed by atoms with van der Waals surface area (Å²) < 4.78 is 0. The van der Waals surface area contributed by atoms with Crippen LogP contribution in [-0.2, 0) is 6.42 Å². The Bertz CT molecular complexity index is 736. The molecule has 0 heterocycles. The van der Waals surface area contributed by atoms with Crippen molar-refractivity contribution < 1.29 is 4.92 Å². The van der Waals surface area contributed by atoms with Crippen LogP contribution in [0.15, 0.2) is 53.5 Å². The van der Waals surface area contributed by atoms with Gasteiger partial charge in [-0.15, -0.1) is 24.0 Å². The Labute approximate surface area is 163 Å². The Morgan fingerprint density at radius 3 is 2.72 bits per heavy atom. The molecule has 0 aliphatic carbocycles. The standard InChI is InChI=1S/C17H21N5O2.HI/c1-2-13-6-5-7-14(12-13)21-17(18)20-11-10-19-15-8-3-4-9-16(15)22(23)24;/h3-9,12,19H,2,10-11H2,1H3,(H3,18,20,21);1H. The summed E-state index contributed by atoms with van der Waals surface area (Å²) in [5, 5.41) is 17.0. The molecule has 8 heteroatoms. The maximum atomic E-state index is 10.9. The molecule has 4 N–H and O–H groups in total. The van der Waals surface area contributed by atoms with Gasteiger partial charge in [0.2, 0.25) is 0 Å². The molecule has 0 unspecified atom stereocenters. The zero-order chi connectivity index (χ0) is 17.4. The Kier molecular flexibility index (Phi) is 8.68. The summed E-state index contributed by atoms with van der Waals surface area (Å²) in [6, 6.07) is 14.5. The number of benzene rings is 2. The smallest absolute Gasteiger partial charge is 0.292 e. The molecule has 0 aliphatic rings. The van der Waals surface area contributed by atoms with Gasteiger partial charge in [-0.1, -0.05) is 31.2 Å². The summed E-state index contributed by atoms with van der Waals surface area (Å²) in [6.45, 7) is 2.94. The van der Waals surface area contributed by atoms with E-state index in [9.17, 15) is 10.1 Å². The number of para-hydroxylation sites is 2. The molecule has 0 radical (unpaired) electrons. The van der Waals surface area contributed by atoms with Crippen LogP contribution in [0.25, 0.3) is 0 Å². The average Bonchev–Trinajstić information content (AvgIpc) is 2.59. The first-order chi connectivity index (χ1) is 11.6. The minimum atomic E-state index is -0.414. The van der Waals surface area contributed by atoms with Crippen LogP contribution in [0.1, 0.15) is 12.5 Å². The molecule has 0 spiro atoms. The average molecular weight is 455 g/mol. The quantitative estimate of drug-likeness (QED) is 0.148. The number of halogens is 1. The second kappa shape index (κ2) is 10.5. The van der Waals surface area contributed by atoms with Crippen LogP contribution in [-0.4, -0.2) is 24.0 Å². The minimum absolute atomic E-state index is 0. The fourth-order valence-electron chi connectivity index (χ4n) is 2.21. The summed E-state index contributed by atoms with van der Waals surface area (Å²) in [7, 11) is 0. The third-order valence-electron chi connectivity index (χ3n) is 3.42. The number of nitrogens with zero attached hydrogens (tertiary/aromatic N) is 2. The van der Waals surface area contributed by atoms with Crippen LogP contribution in [0.3, 0.4) is 0 Å².